The van der Waals surface area contributed by atoms with E-state index < -0.39 is 12.0 Å². The van der Waals surface area contributed by atoms with E-state index in [4.69, 9.17) is 0 Å². The van der Waals surface area contributed by atoms with Gasteiger partial charge in [0.2, 0.25) is 11.7 Å². The van der Waals surface area contributed by atoms with Crippen molar-refractivity contribution in [1.29, 1.82) is 0 Å². The van der Waals surface area contributed by atoms with Crippen molar-refractivity contribution in [2.45, 2.75) is 50.4 Å². The van der Waals surface area contributed by atoms with E-state index in [0.717, 1.165) is 5.56 Å². The highest BCUT2D eigenvalue weighted by molar-refractivity contribution is 5.89. The van der Waals surface area contributed by atoms with Crippen molar-refractivity contribution in [2.75, 3.05) is 5.32 Å². The van der Waals surface area contributed by atoms with Crippen LogP contribution < -0.4 is 10.6 Å². The van der Waals surface area contributed by atoms with E-state index in [2.05, 4.69) is 20.6 Å². The Morgan fingerprint density at radius 3 is 2.28 bits per heavy atom. The molecule has 1 aromatic heterocycles. The molecule has 1 aliphatic rings. The summed E-state index contributed by atoms with van der Waals surface area (Å²) in [6.07, 6.45) is -1.70. The molecule has 0 unspecified atom stereocenters. The lowest BCUT2D eigenvalue weighted by molar-refractivity contribution is -0.144. The molecule has 9 heteroatoms. The van der Waals surface area contributed by atoms with E-state index in [-0.39, 0.29) is 41.6 Å². The fourth-order valence-corrected chi connectivity index (χ4v) is 3.96. The lowest BCUT2D eigenvalue weighted by Crippen LogP contribution is -2.40. The van der Waals surface area contributed by atoms with Gasteiger partial charge in [-0.3, -0.25) is 4.79 Å². The van der Waals surface area contributed by atoms with Gasteiger partial charge >= 0.3 is 6.18 Å². The van der Waals surface area contributed by atoms with Crippen molar-refractivity contribution in [2.24, 2.45) is 0 Å². The summed E-state index contributed by atoms with van der Waals surface area (Å²) in [4.78, 5) is 19.7. The molecule has 5 nitrogen and oxygen atoms in total. The van der Waals surface area contributed by atoms with Gasteiger partial charge in [-0.1, -0.05) is 24.3 Å². The fourth-order valence-electron chi connectivity index (χ4n) is 3.96. The van der Waals surface area contributed by atoms with Crippen LogP contribution in [0.2, 0.25) is 0 Å². The molecule has 32 heavy (non-hydrogen) atoms. The summed E-state index contributed by atoms with van der Waals surface area (Å²) >= 11 is 0. The number of hydrogen-bond acceptors (Lipinski definition) is 4. The zero-order chi connectivity index (χ0) is 22.7. The lowest BCUT2D eigenvalue weighted by atomic mass is 9.91. The summed E-state index contributed by atoms with van der Waals surface area (Å²) in [7, 11) is 0. The van der Waals surface area contributed by atoms with Crippen LogP contribution in [0.15, 0.2) is 48.5 Å². The van der Waals surface area contributed by atoms with E-state index in [1.54, 1.807) is 30.3 Å². The maximum atomic E-state index is 13.2. The number of fused-ring (bicyclic) bond motifs is 1. The highest BCUT2D eigenvalue weighted by Gasteiger charge is 2.36. The number of alkyl halides is 3. The van der Waals surface area contributed by atoms with Crippen LogP contribution >= 0.6 is 0 Å². The van der Waals surface area contributed by atoms with Gasteiger partial charge in [0, 0.05) is 17.5 Å². The Balaban J connectivity index is 1.36. The second-order valence-electron chi connectivity index (χ2n) is 7.97. The minimum absolute atomic E-state index is 0.00567. The third kappa shape index (κ3) is 5.33. The normalized spacial score (nSPS) is 19.0. The number of para-hydroxylation sites is 1. The molecule has 3 aromatic rings. The van der Waals surface area contributed by atoms with Crippen molar-refractivity contribution in [3.8, 4) is 0 Å². The molecule has 0 radical (unpaired) electrons. The van der Waals surface area contributed by atoms with Gasteiger partial charge in [0.1, 0.15) is 11.6 Å². The van der Waals surface area contributed by atoms with E-state index in [9.17, 15) is 22.4 Å². The quantitative estimate of drug-likeness (QED) is 0.549. The number of hydrogen-bond donors (Lipinski definition) is 2. The standard InChI is InChI=1S/C23H22F4N4O/c24-15-7-5-14(6-8-15)13-20(32)28-16-9-11-17(12-10-16)29-21-18-3-1-2-4-19(18)30-22(31-21)23(25,26)27/h1-8,16-17H,9-13H2,(H,28,32)(H,29,30,31). The summed E-state index contributed by atoms with van der Waals surface area (Å²) in [6, 6.07) is 12.3. The number of nitrogens with zero attached hydrogens (tertiary/aromatic N) is 2. The molecule has 1 fully saturated rings. The van der Waals surface area contributed by atoms with E-state index in [1.165, 1.54) is 18.2 Å². The number of nitrogens with one attached hydrogen (secondary N) is 2. The average Bonchev–Trinajstić information content (AvgIpc) is 2.76. The van der Waals surface area contributed by atoms with Crippen LogP contribution in [0.3, 0.4) is 0 Å². The predicted octanol–water partition coefficient (Wildman–Crippen LogP) is 4.87. The number of rotatable bonds is 5. The average molecular weight is 446 g/mol. The van der Waals surface area contributed by atoms with Gasteiger partial charge < -0.3 is 10.6 Å². The minimum atomic E-state index is -4.63. The molecule has 0 bridgehead atoms. The van der Waals surface area contributed by atoms with Crippen LogP contribution in [0.1, 0.15) is 37.1 Å². The Hall–Kier alpha value is -3.23. The molecular weight excluding hydrogens is 424 g/mol. The Morgan fingerprint density at radius 1 is 0.938 bits per heavy atom. The van der Waals surface area contributed by atoms with Crippen molar-refractivity contribution in [3.05, 3.63) is 65.7 Å². The molecule has 0 aliphatic heterocycles. The zero-order valence-corrected chi connectivity index (χ0v) is 17.1. The van der Waals surface area contributed by atoms with Gasteiger partial charge in [0.25, 0.3) is 0 Å². The van der Waals surface area contributed by atoms with Gasteiger partial charge in [-0.25, -0.2) is 14.4 Å². The number of amides is 1. The predicted molar refractivity (Wildman–Crippen MR) is 112 cm³/mol. The number of carbonyl (C=O) groups is 1. The van der Waals surface area contributed by atoms with Crippen LogP contribution in [0, 0.1) is 5.82 Å². The Bertz CT molecular complexity index is 1090. The molecule has 0 spiro atoms. The molecule has 1 saturated carbocycles. The molecule has 2 N–H and O–H groups in total. The molecule has 168 valence electrons. The number of carbonyl (C=O) groups excluding carboxylic acids is 1. The number of aromatic nitrogens is 2. The summed E-state index contributed by atoms with van der Waals surface area (Å²) in [5.74, 6) is -1.48. The highest BCUT2D eigenvalue weighted by atomic mass is 19.4. The number of anilines is 1. The van der Waals surface area contributed by atoms with E-state index in [1.807, 2.05) is 0 Å². The SMILES string of the molecule is O=C(Cc1ccc(F)cc1)NC1CCC(Nc2nc(C(F)(F)F)nc3ccccc23)CC1. The molecule has 1 heterocycles. The van der Waals surface area contributed by atoms with Crippen LogP contribution in [0.5, 0.6) is 0 Å². The minimum Gasteiger partial charge on any atom is -0.367 e. The molecule has 1 amide bonds. The molecule has 4 rings (SSSR count). The van der Waals surface area contributed by atoms with Crippen LogP contribution in [-0.4, -0.2) is 28.0 Å². The van der Waals surface area contributed by atoms with Gasteiger partial charge in [0.05, 0.1) is 11.9 Å². The maximum Gasteiger partial charge on any atom is 0.451 e. The van der Waals surface area contributed by atoms with Crippen molar-refractivity contribution in [3.63, 3.8) is 0 Å². The maximum absolute atomic E-state index is 13.2. The lowest BCUT2D eigenvalue weighted by Gasteiger charge is -2.30. The monoisotopic (exact) mass is 446 g/mol. The van der Waals surface area contributed by atoms with Crippen LogP contribution in [0.25, 0.3) is 10.9 Å². The molecule has 0 atom stereocenters. The number of halogens is 4. The second kappa shape index (κ2) is 9.10. The number of benzene rings is 2. The summed E-state index contributed by atoms with van der Waals surface area (Å²) in [5.41, 5.74) is 0.967. The van der Waals surface area contributed by atoms with Gasteiger partial charge in [-0.2, -0.15) is 13.2 Å². The van der Waals surface area contributed by atoms with Gasteiger partial charge in [-0.15, -0.1) is 0 Å². The Kier molecular flexibility index (Phi) is 6.25. The Morgan fingerprint density at radius 2 is 1.59 bits per heavy atom. The van der Waals surface area contributed by atoms with Crippen LogP contribution in [-0.2, 0) is 17.4 Å². The summed E-state index contributed by atoms with van der Waals surface area (Å²) in [5, 5.41) is 6.68. The molecule has 1 aliphatic carbocycles. The molecule has 0 saturated heterocycles. The second-order valence-corrected chi connectivity index (χ2v) is 7.97. The Labute approximate surface area is 182 Å². The topological polar surface area (TPSA) is 66.9 Å². The first-order chi connectivity index (χ1) is 15.3. The fraction of sp³-hybridized carbons (Fsp3) is 0.348. The van der Waals surface area contributed by atoms with Crippen molar-refractivity contribution >= 4 is 22.6 Å². The zero-order valence-electron chi connectivity index (χ0n) is 17.1. The van der Waals surface area contributed by atoms with Crippen molar-refractivity contribution in [1.82, 2.24) is 15.3 Å². The van der Waals surface area contributed by atoms with Gasteiger partial charge in [-0.05, 0) is 55.5 Å². The first-order valence-corrected chi connectivity index (χ1v) is 10.4. The first-order valence-electron chi connectivity index (χ1n) is 10.4. The third-order valence-corrected chi connectivity index (χ3v) is 5.57. The van der Waals surface area contributed by atoms with E-state index in [0.29, 0.717) is 31.1 Å². The molecule has 2 aromatic carbocycles. The third-order valence-electron chi connectivity index (χ3n) is 5.57. The van der Waals surface area contributed by atoms with Gasteiger partial charge in [0.15, 0.2) is 0 Å². The summed E-state index contributed by atoms with van der Waals surface area (Å²) < 4.78 is 52.6. The molecular formula is C23H22F4N4O. The summed E-state index contributed by atoms with van der Waals surface area (Å²) in [6.45, 7) is 0. The van der Waals surface area contributed by atoms with Crippen molar-refractivity contribution < 1.29 is 22.4 Å². The van der Waals surface area contributed by atoms with E-state index >= 15 is 0 Å². The smallest absolute Gasteiger partial charge is 0.367 e. The largest absolute Gasteiger partial charge is 0.451 e. The first kappa shape index (κ1) is 22.0. The highest BCUT2D eigenvalue weighted by Crippen LogP contribution is 2.31. The van der Waals surface area contributed by atoms with Crippen LogP contribution in [0.4, 0.5) is 23.4 Å².